The minimum Gasteiger partial charge on any atom is -0.459 e. The lowest BCUT2D eigenvalue weighted by atomic mass is 9.81. The number of allylic oxidation sites excluding steroid dienone is 3. The average Bonchev–Trinajstić information content (AvgIpc) is 3.64. The third-order valence-electron chi connectivity index (χ3n) is 7.87. The van der Waals surface area contributed by atoms with Crippen LogP contribution in [0.4, 0.5) is 0 Å². The van der Waals surface area contributed by atoms with Crippen LogP contribution in [-0.4, -0.2) is 83.2 Å². The molecule has 0 radical (unpaired) electrons. The molecule has 3 heterocycles. The molecule has 3 aliphatic heterocycles. The Morgan fingerprint density at radius 2 is 1.85 bits per heavy atom. The quantitative estimate of drug-likeness (QED) is 0.163. The lowest BCUT2D eigenvalue weighted by Crippen LogP contribution is -2.50. The van der Waals surface area contributed by atoms with E-state index < -0.39 is 36.6 Å². The molecule has 9 nitrogen and oxygen atoms in total. The predicted molar refractivity (Wildman–Crippen MR) is 144 cm³/mol. The van der Waals surface area contributed by atoms with Gasteiger partial charge >= 0.3 is 5.97 Å². The zero-order chi connectivity index (χ0) is 28.7. The van der Waals surface area contributed by atoms with Crippen molar-refractivity contribution in [2.75, 3.05) is 13.2 Å². The monoisotopic (exact) mass is 548 g/mol. The van der Waals surface area contributed by atoms with Gasteiger partial charge in [-0.15, -0.1) is 0 Å². The Bertz CT molecular complexity index is 963. The number of aliphatic hydroxyl groups is 2. The van der Waals surface area contributed by atoms with E-state index in [1.54, 1.807) is 19.1 Å². The van der Waals surface area contributed by atoms with Gasteiger partial charge in [0.2, 0.25) is 0 Å². The molecule has 218 valence electrons. The number of hydrogen-bond acceptors (Lipinski definition) is 9. The van der Waals surface area contributed by atoms with E-state index in [1.807, 2.05) is 19.9 Å². The number of ether oxygens (including phenoxy) is 4. The first-order chi connectivity index (χ1) is 18.4. The van der Waals surface area contributed by atoms with Gasteiger partial charge in [0, 0.05) is 26.2 Å². The summed E-state index contributed by atoms with van der Waals surface area (Å²) in [6, 6.07) is 0. The summed E-state index contributed by atoms with van der Waals surface area (Å²) in [7, 11) is 0. The molecule has 3 rings (SSSR count). The van der Waals surface area contributed by atoms with Crippen molar-refractivity contribution >= 4 is 17.5 Å². The van der Waals surface area contributed by atoms with E-state index >= 15 is 0 Å². The van der Waals surface area contributed by atoms with Crippen molar-refractivity contribution in [1.29, 1.82) is 0 Å². The van der Waals surface area contributed by atoms with Crippen LogP contribution >= 0.6 is 0 Å². The second kappa shape index (κ2) is 13.9. The van der Waals surface area contributed by atoms with Crippen LogP contribution in [0.5, 0.6) is 0 Å². The van der Waals surface area contributed by atoms with Gasteiger partial charge in [-0.2, -0.15) is 0 Å². The SMILES string of the molecule is CC(=O)O[C@@H](C)/C=C\C(=O)C[C@@H]1C[C@H](C)[C@H](C/C=C(C)/C=C/[C@H]2O[C@H](CC(=O)CO)C[C@@]3(CO3)[C@@H]2O)O[C@@H]1C. The van der Waals surface area contributed by atoms with Crippen molar-refractivity contribution in [3.05, 3.63) is 36.0 Å². The number of ketones is 2. The zero-order valence-corrected chi connectivity index (χ0v) is 23.7. The summed E-state index contributed by atoms with van der Waals surface area (Å²) in [6.07, 6.45) is 9.14. The molecule has 0 saturated carbocycles. The Kier molecular flexibility index (Phi) is 11.2. The van der Waals surface area contributed by atoms with E-state index in [4.69, 9.17) is 24.1 Å². The van der Waals surface area contributed by atoms with E-state index in [-0.39, 0.29) is 48.0 Å². The van der Waals surface area contributed by atoms with Gasteiger partial charge in [0.15, 0.2) is 11.6 Å². The molecule has 3 aliphatic rings. The Morgan fingerprint density at radius 3 is 2.49 bits per heavy atom. The fourth-order valence-electron chi connectivity index (χ4n) is 5.49. The Hall–Kier alpha value is -2.17. The first kappa shape index (κ1) is 31.4. The summed E-state index contributed by atoms with van der Waals surface area (Å²) < 4.78 is 22.8. The van der Waals surface area contributed by atoms with Crippen molar-refractivity contribution in [3.63, 3.8) is 0 Å². The number of Topliss-reactive ketones (excluding diaryl/α,β-unsaturated/α-hetero) is 1. The fraction of sp³-hybridized carbons (Fsp3) is 0.700. The molecule has 0 aromatic carbocycles. The van der Waals surface area contributed by atoms with E-state index in [2.05, 4.69) is 13.0 Å². The topological polar surface area (TPSA) is 132 Å². The summed E-state index contributed by atoms with van der Waals surface area (Å²) in [6.45, 7) is 9.09. The normalized spacial score (nSPS) is 35.9. The van der Waals surface area contributed by atoms with Gasteiger partial charge in [0.1, 0.15) is 30.5 Å². The lowest BCUT2D eigenvalue weighted by molar-refractivity contribution is -0.145. The maximum Gasteiger partial charge on any atom is 0.303 e. The number of epoxide rings is 1. The fourth-order valence-corrected chi connectivity index (χ4v) is 5.49. The second-order valence-electron chi connectivity index (χ2n) is 11.4. The van der Waals surface area contributed by atoms with Crippen molar-refractivity contribution in [2.45, 2.75) is 109 Å². The van der Waals surface area contributed by atoms with Gasteiger partial charge in [0.05, 0.1) is 24.9 Å². The van der Waals surface area contributed by atoms with Crippen LogP contribution in [0.3, 0.4) is 0 Å². The first-order valence-corrected chi connectivity index (χ1v) is 13.9. The standard InChI is InChI=1S/C30H44O9/c1-18(7-11-28-29(35)30(17-36-30)15-26(39-28)14-25(34)16-31)6-10-27-19(2)12-23(21(4)38-27)13-24(33)9-8-20(3)37-22(5)32/h6-9,11,19-21,23,26-29,31,35H,10,12-17H2,1-5H3/b9-8-,11-7+,18-6+/t19-,20-,21+,23-,26+,27-,28+,29+,30+/m0/s1. The van der Waals surface area contributed by atoms with Crippen LogP contribution in [0.2, 0.25) is 0 Å². The van der Waals surface area contributed by atoms with Crippen molar-refractivity contribution in [3.8, 4) is 0 Å². The molecule has 0 bridgehead atoms. The molecule has 0 aromatic heterocycles. The highest BCUT2D eigenvalue weighted by Crippen LogP contribution is 2.43. The van der Waals surface area contributed by atoms with Gasteiger partial charge in [-0.25, -0.2) is 0 Å². The molecule has 0 unspecified atom stereocenters. The minimum atomic E-state index is -0.816. The smallest absolute Gasteiger partial charge is 0.303 e. The third-order valence-corrected chi connectivity index (χ3v) is 7.87. The molecule has 9 atom stereocenters. The molecule has 3 saturated heterocycles. The van der Waals surface area contributed by atoms with Gasteiger partial charge in [-0.3, -0.25) is 14.4 Å². The molecule has 0 aliphatic carbocycles. The number of carbonyl (C=O) groups is 3. The number of aliphatic hydroxyl groups excluding tert-OH is 2. The van der Waals surface area contributed by atoms with Crippen molar-refractivity contribution in [1.82, 2.24) is 0 Å². The van der Waals surface area contributed by atoms with Crippen LogP contribution in [0, 0.1) is 11.8 Å². The van der Waals surface area contributed by atoms with E-state index in [1.165, 1.54) is 13.0 Å². The molecule has 0 aromatic rings. The van der Waals surface area contributed by atoms with Crippen LogP contribution < -0.4 is 0 Å². The minimum absolute atomic E-state index is 0.00515. The largest absolute Gasteiger partial charge is 0.459 e. The highest BCUT2D eigenvalue weighted by molar-refractivity contribution is 5.89. The lowest BCUT2D eigenvalue weighted by Gasteiger charge is -2.38. The average molecular weight is 549 g/mol. The molecular weight excluding hydrogens is 504 g/mol. The van der Waals surface area contributed by atoms with Crippen molar-refractivity contribution in [2.24, 2.45) is 11.8 Å². The molecule has 0 amide bonds. The molecule has 3 fully saturated rings. The summed E-state index contributed by atoms with van der Waals surface area (Å²) in [5.41, 5.74) is 0.332. The van der Waals surface area contributed by atoms with Crippen LogP contribution in [0.15, 0.2) is 36.0 Å². The van der Waals surface area contributed by atoms with Crippen molar-refractivity contribution < 1.29 is 43.5 Å². The Balaban J connectivity index is 1.50. The van der Waals surface area contributed by atoms with E-state index in [0.29, 0.717) is 19.4 Å². The maximum atomic E-state index is 12.4. The predicted octanol–water partition coefficient (Wildman–Crippen LogP) is 3.01. The zero-order valence-electron chi connectivity index (χ0n) is 23.7. The van der Waals surface area contributed by atoms with Crippen LogP contribution in [-0.2, 0) is 33.3 Å². The Morgan fingerprint density at radius 1 is 1.13 bits per heavy atom. The maximum absolute atomic E-state index is 12.4. The highest BCUT2D eigenvalue weighted by atomic mass is 16.6. The molecular formula is C30H44O9. The van der Waals surface area contributed by atoms with E-state index in [0.717, 1.165) is 18.4 Å². The molecule has 2 N–H and O–H groups in total. The Labute approximate surface area is 231 Å². The summed E-state index contributed by atoms with van der Waals surface area (Å²) in [4.78, 5) is 35.2. The number of carbonyl (C=O) groups excluding carboxylic acids is 3. The second-order valence-corrected chi connectivity index (χ2v) is 11.4. The van der Waals surface area contributed by atoms with Gasteiger partial charge in [0.25, 0.3) is 0 Å². The number of hydrogen-bond donors (Lipinski definition) is 2. The summed E-state index contributed by atoms with van der Waals surface area (Å²) in [5.74, 6) is -0.283. The molecule has 1 spiro atoms. The van der Waals surface area contributed by atoms with Crippen LogP contribution in [0.1, 0.15) is 66.7 Å². The number of esters is 1. The van der Waals surface area contributed by atoms with Gasteiger partial charge in [-0.05, 0) is 57.6 Å². The first-order valence-electron chi connectivity index (χ1n) is 13.9. The number of rotatable bonds is 12. The summed E-state index contributed by atoms with van der Waals surface area (Å²) >= 11 is 0. The molecule has 9 heteroatoms. The highest BCUT2D eigenvalue weighted by Gasteiger charge is 2.58. The molecule has 39 heavy (non-hydrogen) atoms. The van der Waals surface area contributed by atoms with E-state index in [9.17, 15) is 19.5 Å². The summed E-state index contributed by atoms with van der Waals surface area (Å²) in [5, 5.41) is 19.8. The van der Waals surface area contributed by atoms with Gasteiger partial charge < -0.3 is 29.2 Å². The third kappa shape index (κ3) is 9.18. The van der Waals surface area contributed by atoms with Crippen LogP contribution in [0.25, 0.3) is 0 Å². The van der Waals surface area contributed by atoms with Gasteiger partial charge in [-0.1, -0.05) is 30.7 Å².